The maximum atomic E-state index is 13.0. The van der Waals surface area contributed by atoms with Gasteiger partial charge in [0, 0.05) is 30.0 Å². The highest BCUT2D eigenvalue weighted by Gasteiger charge is 2.49. The first-order chi connectivity index (χ1) is 12.7. The summed E-state index contributed by atoms with van der Waals surface area (Å²) in [5, 5.41) is 13.2. The predicted octanol–water partition coefficient (Wildman–Crippen LogP) is 3.38. The molecule has 1 N–H and O–H groups in total. The number of fused-ring (bicyclic) bond motifs is 1. The molecule has 1 saturated carbocycles. The second-order valence-corrected chi connectivity index (χ2v) is 8.26. The van der Waals surface area contributed by atoms with Crippen molar-refractivity contribution in [2.45, 2.75) is 44.4 Å². The fraction of sp³-hybridized carbons (Fsp3) is 0.684. The maximum absolute atomic E-state index is 13.0. The van der Waals surface area contributed by atoms with Crippen molar-refractivity contribution in [2.75, 3.05) is 19.6 Å². The van der Waals surface area contributed by atoms with Gasteiger partial charge in [-0.1, -0.05) is 17.3 Å². The van der Waals surface area contributed by atoms with Gasteiger partial charge in [0.15, 0.2) is 5.60 Å². The lowest BCUT2D eigenvalue weighted by Crippen LogP contribution is -2.40. The topological polar surface area (TPSA) is 62.1 Å². The highest BCUT2D eigenvalue weighted by atomic mass is 19.4. The van der Waals surface area contributed by atoms with Crippen LogP contribution in [0.4, 0.5) is 13.2 Å². The number of rotatable bonds is 4. The van der Waals surface area contributed by atoms with E-state index in [9.17, 15) is 18.0 Å². The van der Waals surface area contributed by atoms with Crippen LogP contribution in [-0.4, -0.2) is 53.1 Å². The van der Waals surface area contributed by atoms with Crippen molar-refractivity contribution in [2.24, 2.45) is 22.9 Å². The van der Waals surface area contributed by atoms with Gasteiger partial charge in [-0.15, -0.1) is 0 Å². The Morgan fingerprint density at radius 3 is 2.67 bits per heavy atom. The largest absolute Gasteiger partial charge is 0.481 e. The van der Waals surface area contributed by atoms with E-state index < -0.39 is 23.3 Å². The molecule has 2 aliphatic heterocycles. The Kier molecular flexibility index (Phi) is 4.36. The van der Waals surface area contributed by atoms with Crippen LogP contribution in [-0.2, 0) is 9.63 Å². The summed E-state index contributed by atoms with van der Waals surface area (Å²) in [6, 6.07) is 0. The van der Waals surface area contributed by atoms with Crippen LogP contribution in [0.3, 0.4) is 0 Å². The number of alkyl halides is 3. The summed E-state index contributed by atoms with van der Waals surface area (Å²) in [5.41, 5.74) is -0.0709. The first-order valence-electron chi connectivity index (χ1n) is 9.37. The zero-order valence-electron chi connectivity index (χ0n) is 15.1. The van der Waals surface area contributed by atoms with Crippen LogP contribution >= 0.6 is 0 Å². The number of aliphatic carboxylic acids is 1. The highest BCUT2D eigenvalue weighted by molar-refractivity contribution is 6.05. The summed E-state index contributed by atoms with van der Waals surface area (Å²) in [6.45, 7) is 4.17. The Morgan fingerprint density at radius 2 is 2.07 bits per heavy atom. The monoisotopic (exact) mass is 384 g/mol. The number of piperidine rings is 1. The average molecular weight is 384 g/mol. The third kappa shape index (κ3) is 3.51. The van der Waals surface area contributed by atoms with Crippen molar-refractivity contribution in [1.82, 2.24) is 4.90 Å². The second-order valence-electron chi connectivity index (χ2n) is 8.26. The van der Waals surface area contributed by atoms with Crippen molar-refractivity contribution >= 4 is 11.7 Å². The minimum atomic E-state index is -4.35. The Bertz CT molecular complexity index is 735. The number of carboxylic acid groups (broad SMARTS) is 1. The summed E-state index contributed by atoms with van der Waals surface area (Å²) in [7, 11) is 0. The number of allylic oxidation sites excluding steroid dienone is 2. The van der Waals surface area contributed by atoms with Gasteiger partial charge in [-0.2, -0.15) is 13.2 Å². The first kappa shape index (κ1) is 18.5. The van der Waals surface area contributed by atoms with E-state index >= 15 is 0 Å². The first-order valence-corrected chi connectivity index (χ1v) is 9.37. The zero-order chi connectivity index (χ0) is 19.4. The van der Waals surface area contributed by atoms with Crippen LogP contribution in [0.25, 0.3) is 0 Å². The Balaban J connectivity index is 1.37. The van der Waals surface area contributed by atoms with E-state index in [4.69, 9.17) is 9.94 Å². The molecular weight excluding hydrogens is 361 g/mol. The van der Waals surface area contributed by atoms with Crippen molar-refractivity contribution in [3.63, 3.8) is 0 Å². The van der Waals surface area contributed by atoms with Crippen LogP contribution in [0.15, 0.2) is 28.5 Å². The van der Waals surface area contributed by atoms with E-state index in [1.165, 1.54) is 6.08 Å². The van der Waals surface area contributed by atoms with Gasteiger partial charge in [0.05, 0.1) is 11.6 Å². The molecule has 0 aromatic rings. The van der Waals surface area contributed by atoms with Crippen molar-refractivity contribution in [3.8, 4) is 0 Å². The molecule has 0 aromatic carbocycles. The van der Waals surface area contributed by atoms with Crippen LogP contribution in [0, 0.1) is 17.8 Å². The SMILES string of the molecule is CC12CC(C(F)(F)F)=CC=C1C(C1CCN(CC3C[C@H]3C(=O)O)CC1)=NO2. The number of oxime groups is 1. The van der Waals surface area contributed by atoms with E-state index in [-0.39, 0.29) is 24.2 Å². The second kappa shape index (κ2) is 6.36. The molecular formula is C19H23F3N2O3. The molecule has 4 aliphatic rings. The van der Waals surface area contributed by atoms with Crippen molar-refractivity contribution < 1.29 is 27.9 Å². The molecule has 5 nitrogen and oxygen atoms in total. The van der Waals surface area contributed by atoms with Crippen LogP contribution < -0.4 is 0 Å². The molecule has 0 bridgehead atoms. The molecule has 0 amide bonds. The fourth-order valence-corrected chi connectivity index (χ4v) is 4.48. The summed E-state index contributed by atoms with van der Waals surface area (Å²) < 4.78 is 39.1. The van der Waals surface area contributed by atoms with Gasteiger partial charge in [-0.05, 0) is 45.2 Å². The van der Waals surface area contributed by atoms with E-state index in [2.05, 4.69) is 10.1 Å². The quantitative estimate of drug-likeness (QED) is 0.807. The maximum Gasteiger partial charge on any atom is 0.412 e. The molecule has 0 radical (unpaired) electrons. The standard InChI is InChI=1S/C19H23F3N2O3/c1-18-9-13(19(20,21)22)2-3-15(18)16(23-27-18)11-4-6-24(7-5-11)10-12-8-14(12)17(25)26/h2-3,11-12,14H,4-10H2,1H3,(H,25,26)/t12?,14-,18?/m1/s1. The normalized spacial score (nSPS) is 34.3. The summed E-state index contributed by atoms with van der Waals surface area (Å²) >= 11 is 0. The summed E-state index contributed by atoms with van der Waals surface area (Å²) in [4.78, 5) is 18.7. The molecule has 0 spiro atoms. The highest BCUT2D eigenvalue weighted by Crippen LogP contribution is 2.45. The van der Waals surface area contributed by atoms with Gasteiger partial charge in [0.2, 0.25) is 0 Å². The molecule has 2 aliphatic carbocycles. The molecule has 27 heavy (non-hydrogen) atoms. The minimum absolute atomic E-state index is 0.171. The lowest BCUT2D eigenvalue weighted by atomic mass is 9.77. The van der Waals surface area contributed by atoms with E-state index in [1.807, 2.05) is 0 Å². The summed E-state index contributed by atoms with van der Waals surface area (Å²) in [6.07, 6.45) is 0.577. The number of halogens is 3. The molecule has 3 atom stereocenters. The molecule has 0 aromatic heterocycles. The van der Waals surface area contributed by atoms with Gasteiger partial charge >= 0.3 is 12.1 Å². The smallest absolute Gasteiger partial charge is 0.412 e. The molecule has 148 valence electrons. The molecule has 2 unspecified atom stereocenters. The number of hydrogen-bond acceptors (Lipinski definition) is 4. The third-order valence-electron chi connectivity index (χ3n) is 6.24. The number of nitrogens with zero attached hydrogens (tertiary/aromatic N) is 2. The predicted molar refractivity (Wildman–Crippen MR) is 92.2 cm³/mol. The Hall–Kier alpha value is -1.83. The van der Waals surface area contributed by atoms with Gasteiger partial charge in [0.1, 0.15) is 0 Å². The number of carboxylic acids is 1. The lowest BCUT2D eigenvalue weighted by molar-refractivity contribution is -0.138. The number of carbonyl (C=O) groups is 1. The zero-order valence-corrected chi connectivity index (χ0v) is 15.1. The molecule has 2 heterocycles. The van der Waals surface area contributed by atoms with Crippen LogP contribution in [0.2, 0.25) is 0 Å². The van der Waals surface area contributed by atoms with Crippen molar-refractivity contribution in [1.29, 1.82) is 0 Å². The van der Waals surface area contributed by atoms with Crippen LogP contribution in [0.1, 0.15) is 32.6 Å². The van der Waals surface area contributed by atoms with Gasteiger partial charge in [-0.25, -0.2) is 0 Å². The van der Waals surface area contributed by atoms with Crippen LogP contribution in [0.5, 0.6) is 0 Å². The van der Waals surface area contributed by atoms with E-state index in [0.29, 0.717) is 0 Å². The van der Waals surface area contributed by atoms with E-state index in [1.54, 1.807) is 6.92 Å². The average Bonchev–Trinajstić information content (AvgIpc) is 3.27. The minimum Gasteiger partial charge on any atom is -0.481 e. The fourth-order valence-electron chi connectivity index (χ4n) is 4.48. The third-order valence-corrected chi connectivity index (χ3v) is 6.24. The Labute approximate surface area is 155 Å². The number of likely N-dealkylation sites (tertiary alicyclic amines) is 1. The molecule has 1 saturated heterocycles. The Morgan fingerprint density at radius 1 is 1.37 bits per heavy atom. The lowest BCUT2D eigenvalue weighted by Gasteiger charge is -2.33. The van der Waals surface area contributed by atoms with Crippen molar-refractivity contribution in [3.05, 3.63) is 23.3 Å². The molecule has 4 rings (SSSR count). The molecule has 2 fully saturated rings. The van der Waals surface area contributed by atoms with Gasteiger partial charge < -0.3 is 14.8 Å². The van der Waals surface area contributed by atoms with E-state index in [0.717, 1.165) is 56.3 Å². The summed E-state index contributed by atoms with van der Waals surface area (Å²) in [5.74, 6) is -0.480. The van der Waals surface area contributed by atoms with Gasteiger partial charge in [0.25, 0.3) is 0 Å². The molecule has 8 heteroatoms. The van der Waals surface area contributed by atoms with Gasteiger partial charge in [-0.3, -0.25) is 4.79 Å². The number of hydrogen-bond donors (Lipinski definition) is 1.